The van der Waals surface area contributed by atoms with Crippen LogP contribution in [0, 0.1) is 0 Å². The molecule has 0 atom stereocenters. The second kappa shape index (κ2) is 24.4. The average molecular weight is 346 g/mol. The van der Waals surface area contributed by atoms with Crippen molar-refractivity contribution in [2.75, 3.05) is 0 Å². The quantitative estimate of drug-likeness (QED) is 0.526. The van der Waals surface area contributed by atoms with Crippen molar-refractivity contribution in [2.24, 2.45) is 0 Å². The number of hydrogen-bond acceptors (Lipinski definition) is 0. The van der Waals surface area contributed by atoms with Gasteiger partial charge in [0.1, 0.15) is 0 Å². The Morgan fingerprint density at radius 1 is 0.750 bits per heavy atom. The molecule has 0 aliphatic heterocycles. The monoisotopic (exact) mass is 346 g/mol. The average Bonchev–Trinajstić information content (AvgIpc) is 0. The van der Waals surface area contributed by atoms with Gasteiger partial charge in [-0.3, -0.25) is 0 Å². The molecule has 0 saturated heterocycles. The van der Waals surface area contributed by atoms with E-state index in [0.717, 1.165) is 0 Å². The molecule has 0 amide bonds. The van der Waals surface area contributed by atoms with Crippen molar-refractivity contribution in [3.8, 4) is 0 Å². The van der Waals surface area contributed by atoms with Gasteiger partial charge in [0.2, 0.25) is 0 Å². The van der Waals surface area contributed by atoms with Gasteiger partial charge in [-0.2, -0.15) is 0 Å². The Morgan fingerprint density at radius 3 is 0.750 bits per heavy atom. The Kier molecular flexibility index (Phi) is 302. The molecular weight excluding hydrogens is 346 g/mol. The van der Waals surface area contributed by atoms with Gasteiger partial charge in [-0.05, 0) is 0 Å². The molecule has 0 spiro atoms. The zero-order valence-electron chi connectivity index (χ0n) is 1.63. The molecular formula is O2PbPd. The van der Waals surface area contributed by atoms with Crippen molar-refractivity contribution in [3.63, 3.8) is 0 Å². The van der Waals surface area contributed by atoms with E-state index in [0.29, 0.717) is 0 Å². The Morgan fingerprint density at radius 2 is 0.750 bits per heavy atom. The first kappa shape index (κ1) is 49.3. The molecule has 0 N–H and O–H groups in total. The van der Waals surface area contributed by atoms with E-state index in [1.165, 1.54) is 0 Å². The van der Waals surface area contributed by atoms with Gasteiger partial charge in [0.15, 0.2) is 0 Å². The molecule has 0 aromatic heterocycles. The van der Waals surface area contributed by atoms with Gasteiger partial charge >= 0.3 is 47.7 Å². The molecule has 0 saturated carbocycles. The van der Waals surface area contributed by atoms with Crippen LogP contribution in [0.15, 0.2) is 0 Å². The van der Waals surface area contributed by atoms with E-state index >= 15 is 0 Å². The Balaban J connectivity index is 0. The number of rotatable bonds is 0. The zero-order valence-corrected chi connectivity index (χ0v) is 7.07. The molecule has 0 aromatic rings. The molecule has 4 heteroatoms. The molecule has 4 heavy (non-hydrogen) atoms. The molecule has 0 aliphatic rings. The summed E-state index contributed by atoms with van der Waals surface area (Å²) in [5.74, 6) is 0. The van der Waals surface area contributed by atoms with Crippen LogP contribution in [-0.2, 0) is 31.4 Å². The van der Waals surface area contributed by atoms with Gasteiger partial charge < -0.3 is 11.0 Å². The third-order valence-electron chi connectivity index (χ3n) is 0. The molecule has 0 aliphatic carbocycles. The van der Waals surface area contributed by atoms with Crippen LogP contribution in [0.4, 0.5) is 0 Å². The molecule has 26 valence electrons. The van der Waals surface area contributed by atoms with Crippen molar-refractivity contribution in [3.05, 3.63) is 0 Å². The summed E-state index contributed by atoms with van der Waals surface area (Å²) in [6.45, 7) is 0. The van der Waals surface area contributed by atoms with E-state index in [2.05, 4.69) is 0 Å². The Hall–Kier alpha value is 1.50. The molecule has 0 fully saturated rings. The van der Waals surface area contributed by atoms with Crippen LogP contribution in [0.25, 0.3) is 0 Å². The number of hydrogen-bond donors (Lipinski definition) is 0. The van der Waals surface area contributed by atoms with Gasteiger partial charge in [-0.15, -0.1) is 0 Å². The molecule has 2 radical (unpaired) electrons. The van der Waals surface area contributed by atoms with Crippen LogP contribution in [0.5, 0.6) is 0 Å². The minimum atomic E-state index is 0. The van der Waals surface area contributed by atoms with Crippen LogP contribution in [-0.4, -0.2) is 27.3 Å². The maximum atomic E-state index is 0. The first-order valence-electron chi connectivity index (χ1n) is 0. The summed E-state index contributed by atoms with van der Waals surface area (Å²) in [5.41, 5.74) is 0. The first-order valence-corrected chi connectivity index (χ1v) is 0. The topological polar surface area (TPSA) is 57.0 Å². The summed E-state index contributed by atoms with van der Waals surface area (Å²) in [7, 11) is 0. The van der Waals surface area contributed by atoms with Crippen LogP contribution >= 0.6 is 0 Å². The largest absolute Gasteiger partial charge is 2.00 e. The van der Waals surface area contributed by atoms with E-state index in [1.807, 2.05) is 0 Å². The van der Waals surface area contributed by atoms with Gasteiger partial charge in [-0.1, -0.05) is 0 Å². The van der Waals surface area contributed by atoms with Crippen molar-refractivity contribution in [1.29, 1.82) is 0 Å². The van der Waals surface area contributed by atoms with Crippen molar-refractivity contribution >= 4 is 27.3 Å². The summed E-state index contributed by atoms with van der Waals surface area (Å²) in [5, 5.41) is 0. The van der Waals surface area contributed by atoms with Crippen molar-refractivity contribution in [2.45, 2.75) is 0 Å². The molecule has 0 unspecified atom stereocenters. The maximum absolute atomic E-state index is 0. The van der Waals surface area contributed by atoms with Crippen molar-refractivity contribution in [1.82, 2.24) is 0 Å². The van der Waals surface area contributed by atoms with Crippen LogP contribution in [0.3, 0.4) is 0 Å². The first-order chi connectivity index (χ1) is 0. The summed E-state index contributed by atoms with van der Waals surface area (Å²) in [6, 6.07) is 0. The van der Waals surface area contributed by atoms with Crippen LogP contribution in [0.1, 0.15) is 0 Å². The van der Waals surface area contributed by atoms with E-state index in [-0.39, 0.29) is 58.7 Å². The fourth-order valence-corrected chi connectivity index (χ4v) is 0. The predicted octanol–water partition coefficient (Wildman–Crippen LogP) is -0.621. The summed E-state index contributed by atoms with van der Waals surface area (Å²) in [4.78, 5) is 0. The van der Waals surface area contributed by atoms with E-state index in [1.54, 1.807) is 0 Å². The van der Waals surface area contributed by atoms with E-state index in [9.17, 15) is 0 Å². The summed E-state index contributed by atoms with van der Waals surface area (Å²) >= 11 is 0. The second-order valence-corrected chi connectivity index (χ2v) is 0. The predicted molar refractivity (Wildman–Crippen MR) is 7.13 cm³/mol. The third-order valence-corrected chi connectivity index (χ3v) is 0. The minimum Gasteiger partial charge on any atom is -2.00 e. The third kappa shape index (κ3) is 9.71. The van der Waals surface area contributed by atoms with Gasteiger partial charge in [0.05, 0.1) is 0 Å². The molecule has 0 rings (SSSR count). The smallest absolute Gasteiger partial charge is 2.00 e. The molecule has 2 nitrogen and oxygen atoms in total. The van der Waals surface area contributed by atoms with Gasteiger partial charge in [0, 0.05) is 0 Å². The zero-order chi connectivity index (χ0) is 0. The molecule has 0 bridgehead atoms. The van der Waals surface area contributed by atoms with E-state index < -0.39 is 0 Å². The fraction of sp³-hybridized carbons (Fsp3) is 0. The molecule has 0 heterocycles. The van der Waals surface area contributed by atoms with E-state index in [4.69, 9.17) is 0 Å². The van der Waals surface area contributed by atoms with Crippen LogP contribution in [0.2, 0.25) is 0 Å². The summed E-state index contributed by atoms with van der Waals surface area (Å²) < 4.78 is 0. The Bertz CT molecular complexity index is 6.00. The standard InChI is InChI=1S/2O.Pb.Pd/q2*-2;2*+2. The minimum absolute atomic E-state index is 0. The fourth-order valence-electron chi connectivity index (χ4n) is 0. The normalized spacial score (nSPS) is 0. The Labute approximate surface area is 58.4 Å². The second-order valence-electron chi connectivity index (χ2n) is 0. The van der Waals surface area contributed by atoms with Gasteiger partial charge in [0.25, 0.3) is 0 Å². The maximum Gasteiger partial charge on any atom is 2.00 e. The van der Waals surface area contributed by atoms with Crippen LogP contribution < -0.4 is 0 Å². The van der Waals surface area contributed by atoms with Gasteiger partial charge in [-0.25, -0.2) is 0 Å². The summed E-state index contributed by atoms with van der Waals surface area (Å²) in [6.07, 6.45) is 0. The van der Waals surface area contributed by atoms with Crippen molar-refractivity contribution < 1.29 is 31.4 Å². The SMILES string of the molecule is [O-2].[O-2].[Pb+2].[Pd+2]. The molecule has 0 aromatic carbocycles.